The molecule has 0 amide bonds. The number of benzene rings is 1. The second-order valence-electron chi connectivity index (χ2n) is 8.11. The number of hydrogen-bond acceptors (Lipinski definition) is 3. The number of hydrogen-bond donors (Lipinski definition) is 3. The Morgan fingerprint density at radius 2 is 2.04 bits per heavy atom. The molecule has 0 saturated heterocycles. The average Bonchev–Trinajstić information content (AvgIpc) is 2.69. The van der Waals surface area contributed by atoms with Crippen molar-refractivity contribution in [3.63, 3.8) is 0 Å². The highest BCUT2D eigenvalue weighted by molar-refractivity contribution is 5.66. The highest BCUT2D eigenvalue weighted by Gasteiger charge is 2.50. The highest BCUT2D eigenvalue weighted by Crippen LogP contribution is 2.55. The van der Waals surface area contributed by atoms with Crippen molar-refractivity contribution in [1.29, 1.82) is 0 Å². The van der Waals surface area contributed by atoms with Crippen LogP contribution in [-0.4, -0.2) is 33.5 Å². The van der Waals surface area contributed by atoms with Crippen molar-refractivity contribution in [3.8, 4) is 11.8 Å². The van der Waals surface area contributed by atoms with E-state index in [9.17, 15) is 15.0 Å². The number of carbonyl (C=O) groups is 1. The van der Waals surface area contributed by atoms with Crippen LogP contribution in [-0.2, 0) is 11.2 Å². The molecule has 0 heterocycles. The summed E-state index contributed by atoms with van der Waals surface area (Å²) in [5.41, 5.74) is 2.51. The third-order valence-electron chi connectivity index (χ3n) is 6.30. The number of allylic oxidation sites excluding steroid dienone is 2. The van der Waals surface area contributed by atoms with Gasteiger partial charge in [-0.2, -0.15) is 0 Å². The molecule has 28 heavy (non-hydrogen) atoms. The summed E-state index contributed by atoms with van der Waals surface area (Å²) in [4.78, 5) is 10.7. The monoisotopic (exact) mass is 382 g/mol. The molecule has 4 nitrogen and oxygen atoms in total. The standard InChI is InChI=1S/C24H30O4/c1-16-19(8-5-9-23(27)28)20-14-15-22(26)21(24(16)20)13-12-18(25)11-10-17-6-3-2-4-7-17/h2-4,6-8,16,18,20-22,24-26H,5,9-11,14-15H2,1H3,(H,27,28)/t16?,18?,20-,21+,22-,24+/m0/s1. The Balaban J connectivity index is 1.59. The Bertz CT molecular complexity index is 758. The van der Waals surface area contributed by atoms with Gasteiger partial charge in [0.25, 0.3) is 0 Å². The molecular weight excluding hydrogens is 352 g/mol. The zero-order valence-electron chi connectivity index (χ0n) is 16.4. The highest BCUT2D eigenvalue weighted by atomic mass is 16.4. The molecule has 6 atom stereocenters. The summed E-state index contributed by atoms with van der Waals surface area (Å²) < 4.78 is 0. The van der Waals surface area contributed by atoms with Crippen LogP contribution in [0.25, 0.3) is 0 Å². The van der Waals surface area contributed by atoms with E-state index in [2.05, 4.69) is 24.8 Å². The van der Waals surface area contributed by atoms with E-state index in [0.29, 0.717) is 37.0 Å². The van der Waals surface area contributed by atoms with Gasteiger partial charge >= 0.3 is 5.97 Å². The smallest absolute Gasteiger partial charge is 0.303 e. The first-order valence-corrected chi connectivity index (χ1v) is 10.3. The van der Waals surface area contributed by atoms with Crippen molar-refractivity contribution in [2.45, 2.75) is 57.7 Å². The molecule has 1 aromatic rings. The lowest BCUT2D eigenvalue weighted by Gasteiger charge is -2.53. The summed E-state index contributed by atoms with van der Waals surface area (Å²) in [6.07, 6.45) is 4.69. The van der Waals surface area contributed by atoms with E-state index in [4.69, 9.17) is 5.11 Å². The number of carboxylic acid groups (broad SMARTS) is 1. The Morgan fingerprint density at radius 1 is 1.29 bits per heavy atom. The summed E-state index contributed by atoms with van der Waals surface area (Å²) >= 11 is 0. The third-order valence-corrected chi connectivity index (χ3v) is 6.30. The summed E-state index contributed by atoms with van der Waals surface area (Å²) in [6, 6.07) is 10.1. The van der Waals surface area contributed by atoms with Crippen molar-refractivity contribution < 1.29 is 20.1 Å². The summed E-state index contributed by atoms with van der Waals surface area (Å²) in [7, 11) is 0. The van der Waals surface area contributed by atoms with Crippen LogP contribution in [0.5, 0.6) is 0 Å². The largest absolute Gasteiger partial charge is 0.481 e. The van der Waals surface area contributed by atoms with Gasteiger partial charge in [0.05, 0.1) is 12.0 Å². The molecule has 0 aliphatic heterocycles. The van der Waals surface area contributed by atoms with Gasteiger partial charge in [0.1, 0.15) is 6.10 Å². The lowest BCUT2D eigenvalue weighted by Crippen LogP contribution is -2.50. The molecule has 4 heteroatoms. The van der Waals surface area contributed by atoms with Gasteiger partial charge in [-0.1, -0.05) is 60.7 Å². The van der Waals surface area contributed by atoms with Crippen LogP contribution < -0.4 is 0 Å². The minimum Gasteiger partial charge on any atom is -0.481 e. The molecule has 3 rings (SSSR count). The van der Waals surface area contributed by atoms with Gasteiger partial charge < -0.3 is 15.3 Å². The summed E-state index contributed by atoms with van der Waals surface area (Å²) in [5, 5.41) is 29.6. The molecule has 0 bridgehead atoms. The molecule has 0 spiro atoms. The van der Waals surface area contributed by atoms with Gasteiger partial charge in [-0.25, -0.2) is 0 Å². The Hall–Kier alpha value is -2.09. The molecule has 2 saturated carbocycles. The van der Waals surface area contributed by atoms with E-state index in [1.165, 1.54) is 11.1 Å². The Morgan fingerprint density at radius 3 is 2.75 bits per heavy atom. The fraction of sp³-hybridized carbons (Fsp3) is 0.542. The van der Waals surface area contributed by atoms with E-state index in [-0.39, 0.29) is 12.3 Å². The van der Waals surface area contributed by atoms with E-state index >= 15 is 0 Å². The SMILES string of the molecule is CC1C(=CCCC(=O)O)[C@@H]2CC[C@H](O)[C@@H](C#CC(O)CCc3ccccc3)[C@H]12. The minimum atomic E-state index is -0.771. The lowest BCUT2D eigenvalue weighted by atomic mass is 9.51. The van der Waals surface area contributed by atoms with Gasteiger partial charge in [-0.3, -0.25) is 4.79 Å². The van der Waals surface area contributed by atoms with Crippen LogP contribution in [0, 0.1) is 35.5 Å². The van der Waals surface area contributed by atoms with Gasteiger partial charge in [-0.05, 0) is 55.4 Å². The van der Waals surface area contributed by atoms with Crippen molar-refractivity contribution in [1.82, 2.24) is 0 Å². The van der Waals surface area contributed by atoms with E-state index in [0.717, 1.165) is 12.8 Å². The molecule has 150 valence electrons. The van der Waals surface area contributed by atoms with Crippen LogP contribution in [0.4, 0.5) is 0 Å². The fourth-order valence-electron chi connectivity index (χ4n) is 4.82. The quantitative estimate of drug-likeness (QED) is 0.520. The van der Waals surface area contributed by atoms with Crippen LogP contribution in [0.1, 0.15) is 44.6 Å². The van der Waals surface area contributed by atoms with Crippen LogP contribution >= 0.6 is 0 Å². The number of rotatable bonds is 6. The fourth-order valence-corrected chi connectivity index (χ4v) is 4.82. The predicted molar refractivity (Wildman–Crippen MR) is 108 cm³/mol. The average molecular weight is 383 g/mol. The normalized spacial score (nSPS) is 31.2. The maximum Gasteiger partial charge on any atom is 0.303 e. The molecule has 1 aromatic carbocycles. The van der Waals surface area contributed by atoms with E-state index < -0.39 is 18.2 Å². The molecule has 2 unspecified atom stereocenters. The van der Waals surface area contributed by atoms with E-state index in [1.807, 2.05) is 30.3 Å². The van der Waals surface area contributed by atoms with Gasteiger partial charge in [0, 0.05) is 6.42 Å². The second kappa shape index (κ2) is 9.41. The first kappa shape index (κ1) is 20.6. The zero-order valence-corrected chi connectivity index (χ0v) is 16.4. The topological polar surface area (TPSA) is 77.8 Å². The predicted octanol–water partition coefficient (Wildman–Crippen LogP) is 3.43. The van der Waals surface area contributed by atoms with Crippen LogP contribution in [0.15, 0.2) is 42.0 Å². The molecule has 2 aliphatic carbocycles. The van der Waals surface area contributed by atoms with Crippen LogP contribution in [0.2, 0.25) is 0 Å². The van der Waals surface area contributed by atoms with Gasteiger partial charge in [0.2, 0.25) is 0 Å². The van der Waals surface area contributed by atoms with Crippen molar-refractivity contribution in [2.24, 2.45) is 23.7 Å². The molecule has 0 radical (unpaired) electrons. The zero-order chi connectivity index (χ0) is 20.1. The number of aryl methyl sites for hydroxylation is 1. The van der Waals surface area contributed by atoms with Gasteiger partial charge in [0.15, 0.2) is 0 Å². The van der Waals surface area contributed by atoms with Crippen molar-refractivity contribution >= 4 is 5.97 Å². The molecule has 2 aliphatic rings. The van der Waals surface area contributed by atoms with Crippen molar-refractivity contribution in [2.75, 3.05) is 0 Å². The van der Waals surface area contributed by atoms with Crippen LogP contribution in [0.3, 0.4) is 0 Å². The Labute approximate surface area is 167 Å². The van der Waals surface area contributed by atoms with E-state index in [1.54, 1.807) is 0 Å². The number of fused-ring (bicyclic) bond motifs is 1. The summed E-state index contributed by atoms with van der Waals surface area (Å²) in [6.45, 7) is 2.15. The number of aliphatic carboxylic acids is 1. The summed E-state index contributed by atoms with van der Waals surface area (Å²) in [5.74, 6) is 6.30. The minimum absolute atomic E-state index is 0.114. The Kier molecular flexibility index (Phi) is 6.93. The number of carboxylic acids is 1. The molecule has 3 N–H and O–H groups in total. The first-order chi connectivity index (χ1) is 13.5. The second-order valence-corrected chi connectivity index (χ2v) is 8.11. The van der Waals surface area contributed by atoms with Crippen molar-refractivity contribution in [3.05, 3.63) is 47.5 Å². The molecular formula is C24H30O4. The maximum atomic E-state index is 10.7. The maximum absolute atomic E-state index is 10.7. The van der Waals surface area contributed by atoms with Gasteiger partial charge in [-0.15, -0.1) is 0 Å². The first-order valence-electron chi connectivity index (χ1n) is 10.3. The third kappa shape index (κ3) is 4.84. The molecule has 2 fully saturated rings. The number of aliphatic hydroxyl groups is 2. The number of aliphatic hydroxyl groups excluding tert-OH is 2. The molecule has 0 aromatic heterocycles. The lowest BCUT2D eigenvalue weighted by molar-refractivity contribution is -0.136.